The van der Waals surface area contributed by atoms with Crippen molar-refractivity contribution in [1.82, 2.24) is 0 Å². The van der Waals surface area contributed by atoms with Crippen LogP contribution in [0, 0.1) is 0 Å². The Morgan fingerprint density at radius 2 is 1.94 bits per heavy atom. The summed E-state index contributed by atoms with van der Waals surface area (Å²) in [4.78, 5) is 11.6. The molecule has 0 fully saturated rings. The fraction of sp³-hybridized carbons (Fsp3) is 0.214. The van der Waals surface area contributed by atoms with E-state index in [0.29, 0.717) is 5.39 Å². The Morgan fingerprint density at radius 1 is 1.28 bits per heavy atom. The molecule has 94 valence electrons. The number of rotatable bonds is 4. The highest BCUT2D eigenvalue weighted by Gasteiger charge is 2.13. The van der Waals surface area contributed by atoms with Crippen LogP contribution in [0.4, 0.5) is 0 Å². The summed E-state index contributed by atoms with van der Waals surface area (Å²) in [6, 6.07) is 9.12. The van der Waals surface area contributed by atoms with Crippen molar-refractivity contribution in [3.8, 4) is 5.75 Å². The number of thioether (sulfide) groups is 1. The first-order valence-corrected chi connectivity index (χ1v) is 6.70. The Morgan fingerprint density at radius 3 is 2.56 bits per heavy atom. The summed E-state index contributed by atoms with van der Waals surface area (Å²) in [5, 5.41) is 20.6. The second-order valence-corrected chi connectivity index (χ2v) is 5.24. The van der Waals surface area contributed by atoms with Crippen molar-refractivity contribution in [3.05, 3.63) is 35.9 Å². The lowest BCUT2D eigenvalue weighted by Crippen LogP contribution is -2.01. The molecule has 18 heavy (non-hydrogen) atoms. The van der Waals surface area contributed by atoms with Crippen LogP contribution >= 0.6 is 11.8 Å². The summed E-state index contributed by atoms with van der Waals surface area (Å²) >= 11 is 1.52. The average molecular weight is 262 g/mol. The molecule has 0 radical (unpaired) electrons. The summed E-state index contributed by atoms with van der Waals surface area (Å²) in [5.74, 6) is 0.211. The molecule has 0 aromatic heterocycles. The molecule has 0 unspecified atom stereocenters. The molecule has 0 aliphatic heterocycles. The molecule has 0 heterocycles. The lowest BCUT2D eigenvalue weighted by atomic mass is 10.0. The van der Waals surface area contributed by atoms with Crippen molar-refractivity contribution in [1.29, 1.82) is 0 Å². The number of phenolic OH excluding ortho intramolecular Hbond substituents is 1. The van der Waals surface area contributed by atoms with Crippen LogP contribution in [0.1, 0.15) is 12.5 Å². The monoisotopic (exact) mass is 262 g/mol. The van der Waals surface area contributed by atoms with Gasteiger partial charge in [0.25, 0.3) is 0 Å². The molecule has 0 amide bonds. The minimum absolute atomic E-state index is 0.0297. The van der Waals surface area contributed by atoms with E-state index in [9.17, 15) is 9.90 Å². The van der Waals surface area contributed by atoms with Gasteiger partial charge in [-0.3, -0.25) is 4.79 Å². The van der Waals surface area contributed by atoms with Crippen LogP contribution in [0.25, 0.3) is 10.8 Å². The van der Waals surface area contributed by atoms with E-state index < -0.39 is 5.97 Å². The van der Waals surface area contributed by atoms with Gasteiger partial charge in [0.15, 0.2) is 0 Å². The quantitative estimate of drug-likeness (QED) is 0.830. The topological polar surface area (TPSA) is 57.5 Å². The first-order chi connectivity index (χ1) is 8.63. The van der Waals surface area contributed by atoms with E-state index in [0.717, 1.165) is 21.6 Å². The molecule has 0 aliphatic rings. The number of aromatic hydroxyl groups is 1. The number of phenols is 1. The Kier molecular flexibility index (Phi) is 3.77. The van der Waals surface area contributed by atoms with Crippen LogP contribution in [-0.2, 0) is 11.2 Å². The second kappa shape index (κ2) is 5.31. The Balaban J connectivity index is 2.67. The van der Waals surface area contributed by atoms with Gasteiger partial charge in [0, 0.05) is 5.39 Å². The highest BCUT2D eigenvalue weighted by molar-refractivity contribution is 7.99. The normalized spacial score (nSPS) is 10.7. The van der Waals surface area contributed by atoms with Crippen molar-refractivity contribution in [2.45, 2.75) is 18.2 Å². The molecule has 2 rings (SSSR count). The van der Waals surface area contributed by atoms with Gasteiger partial charge >= 0.3 is 5.97 Å². The van der Waals surface area contributed by atoms with Gasteiger partial charge in [-0.2, -0.15) is 0 Å². The predicted molar refractivity (Wildman–Crippen MR) is 73.4 cm³/mol. The molecule has 0 atom stereocenters. The van der Waals surface area contributed by atoms with Crippen molar-refractivity contribution in [2.75, 3.05) is 5.75 Å². The molecule has 0 spiro atoms. The fourth-order valence-electron chi connectivity index (χ4n) is 1.98. The van der Waals surface area contributed by atoms with Crippen LogP contribution in [0.15, 0.2) is 35.2 Å². The zero-order valence-corrected chi connectivity index (χ0v) is 10.8. The van der Waals surface area contributed by atoms with Crippen LogP contribution in [-0.4, -0.2) is 21.9 Å². The van der Waals surface area contributed by atoms with Crippen LogP contribution in [0.2, 0.25) is 0 Å². The van der Waals surface area contributed by atoms with Crippen molar-refractivity contribution in [2.24, 2.45) is 0 Å². The lowest BCUT2D eigenvalue weighted by Gasteiger charge is -2.11. The average Bonchev–Trinajstić information content (AvgIpc) is 2.35. The Bertz CT molecular complexity index is 593. The number of aliphatic carboxylic acids is 1. The summed E-state index contributed by atoms with van der Waals surface area (Å²) < 4.78 is 0. The van der Waals surface area contributed by atoms with E-state index >= 15 is 0 Å². The van der Waals surface area contributed by atoms with E-state index in [2.05, 4.69) is 0 Å². The van der Waals surface area contributed by atoms with Gasteiger partial charge in [-0.1, -0.05) is 31.2 Å². The minimum Gasteiger partial charge on any atom is -0.506 e. The molecule has 0 bridgehead atoms. The molecule has 2 aromatic carbocycles. The zero-order chi connectivity index (χ0) is 13.1. The Labute approximate surface area is 109 Å². The lowest BCUT2D eigenvalue weighted by molar-refractivity contribution is -0.136. The number of hydrogen-bond donors (Lipinski definition) is 2. The van der Waals surface area contributed by atoms with Crippen molar-refractivity contribution >= 4 is 28.5 Å². The SMILES string of the molecule is CCSc1cc(CC(=O)O)c2ccccc2c1O. The number of carboxylic acid groups (broad SMARTS) is 1. The van der Waals surface area contributed by atoms with E-state index in [1.165, 1.54) is 11.8 Å². The highest BCUT2D eigenvalue weighted by atomic mass is 32.2. The third kappa shape index (κ3) is 2.43. The first kappa shape index (κ1) is 12.8. The molecule has 2 N–H and O–H groups in total. The molecule has 0 saturated carbocycles. The van der Waals surface area contributed by atoms with Gasteiger partial charge in [0.1, 0.15) is 5.75 Å². The number of carbonyl (C=O) groups is 1. The maximum atomic E-state index is 10.9. The number of carboxylic acids is 1. The maximum Gasteiger partial charge on any atom is 0.307 e. The minimum atomic E-state index is -0.863. The van der Waals surface area contributed by atoms with Gasteiger partial charge in [0.2, 0.25) is 0 Å². The summed E-state index contributed by atoms with van der Waals surface area (Å²) in [6.07, 6.45) is -0.0297. The van der Waals surface area contributed by atoms with Gasteiger partial charge in [-0.05, 0) is 22.8 Å². The molecular weight excluding hydrogens is 248 g/mol. The first-order valence-electron chi connectivity index (χ1n) is 5.71. The number of benzene rings is 2. The molecule has 3 nitrogen and oxygen atoms in total. The number of hydrogen-bond acceptors (Lipinski definition) is 3. The molecule has 0 aliphatic carbocycles. The van der Waals surface area contributed by atoms with Gasteiger partial charge < -0.3 is 10.2 Å². The molecule has 0 saturated heterocycles. The highest BCUT2D eigenvalue weighted by Crippen LogP contribution is 2.37. The zero-order valence-electron chi connectivity index (χ0n) is 10.0. The second-order valence-electron chi connectivity index (χ2n) is 3.93. The van der Waals surface area contributed by atoms with Crippen molar-refractivity contribution in [3.63, 3.8) is 0 Å². The van der Waals surface area contributed by atoms with Crippen LogP contribution < -0.4 is 0 Å². The van der Waals surface area contributed by atoms with E-state index in [-0.39, 0.29) is 12.2 Å². The van der Waals surface area contributed by atoms with Gasteiger partial charge in [-0.25, -0.2) is 0 Å². The largest absolute Gasteiger partial charge is 0.506 e. The molecule has 4 heteroatoms. The smallest absolute Gasteiger partial charge is 0.307 e. The molecule has 2 aromatic rings. The Hall–Kier alpha value is -1.68. The van der Waals surface area contributed by atoms with Gasteiger partial charge in [0.05, 0.1) is 11.3 Å². The van der Waals surface area contributed by atoms with Crippen LogP contribution in [0.3, 0.4) is 0 Å². The third-order valence-corrected chi connectivity index (χ3v) is 3.62. The van der Waals surface area contributed by atoms with E-state index in [4.69, 9.17) is 5.11 Å². The fourth-order valence-corrected chi connectivity index (χ4v) is 2.76. The standard InChI is InChI=1S/C14H14O3S/c1-2-18-12-7-9(8-13(15)16)10-5-3-4-6-11(10)14(12)17/h3-7,17H,2,8H2,1H3,(H,15,16). The summed E-state index contributed by atoms with van der Waals surface area (Å²) in [5.41, 5.74) is 0.742. The molecular formula is C14H14O3S. The van der Waals surface area contributed by atoms with Crippen molar-refractivity contribution < 1.29 is 15.0 Å². The third-order valence-electron chi connectivity index (χ3n) is 2.71. The maximum absolute atomic E-state index is 10.9. The van der Waals surface area contributed by atoms with E-state index in [1.807, 2.05) is 31.2 Å². The van der Waals surface area contributed by atoms with Gasteiger partial charge in [-0.15, -0.1) is 11.8 Å². The number of fused-ring (bicyclic) bond motifs is 1. The van der Waals surface area contributed by atoms with E-state index in [1.54, 1.807) is 6.07 Å². The summed E-state index contributed by atoms with van der Waals surface area (Å²) in [7, 11) is 0. The summed E-state index contributed by atoms with van der Waals surface area (Å²) in [6.45, 7) is 2.00. The predicted octanol–water partition coefficient (Wildman–Crippen LogP) is 3.28. The van der Waals surface area contributed by atoms with Crippen LogP contribution in [0.5, 0.6) is 5.75 Å².